The third-order valence-corrected chi connectivity index (χ3v) is 4.72. The van der Waals surface area contributed by atoms with Gasteiger partial charge in [0.05, 0.1) is 10.2 Å². The predicted molar refractivity (Wildman–Crippen MR) is 74.1 cm³/mol. The second-order valence-electron chi connectivity index (χ2n) is 4.56. The van der Waals surface area contributed by atoms with Crippen molar-refractivity contribution in [2.75, 3.05) is 0 Å². The number of carbonyl (C=O) groups excluding carboxylic acids is 1. The summed E-state index contributed by atoms with van der Waals surface area (Å²) in [5.41, 5.74) is 5.84. The molecular weight excluding hydrogens is 300 g/mol. The van der Waals surface area contributed by atoms with E-state index in [0.717, 1.165) is 34.3 Å². The number of hydrogen-bond acceptors (Lipinski definition) is 3. The fourth-order valence-electron chi connectivity index (χ4n) is 2.15. The number of carbonyl (C=O) groups is 1. The van der Waals surface area contributed by atoms with Gasteiger partial charge in [0.2, 0.25) is 5.91 Å². The zero-order chi connectivity index (χ0) is 12.3. The number of nitrogens with one attached hydrogen (secondary N) is 1. The quantitative estimate of drug-likeness (QED) is 0.900. The van der Waals surface area contributed by atoms with Gasteiger partial charge >= 0.3 is 0 Å². The molecule has 0 atom stereocenters. The Labute approximate surface area is 114 Å². The molecule has 1 amide bonds. The zero-order valence-electron chi connectivity index (χ0n) is 9.62. The first-order valence-corrected chi connectivity index (χ1v) is 7.53. The van der Waals surface area contributed by atoms with Gasteiger partial charge in [0.25, 0.3) is 0 Å². The van der Waals surface area contributed by atoms with Crippen molar-refractivity contribution >= 4 is 33.2 Å². The third-order valence-electron chi connectivity index (χ3n) is 3.10. The minimum absolute atomic E-state index is 0.125. The van der Waals surface area contributed by atoms with Crippen LogP contribution in [0.1, 0.15) is 30.6 Å². The lowest BCUT2D eigenvalue weighted by Gasteiger charge is -2.26. The van der Waals surface area contributed by atoms with Gasteiger partial charge in [0, 0.05) is 17.0 Å². The van der Waals surface area contributed by atoms with E-state index in [-0.39, 0.29) is 5.91 Å². The van der Waals surface area contributed by atoms with E-state index in [1.54, 1.807) is 11.3 Å². The highest BCUT2D eigenvalue weighted by Crippen LogP contribution is 2.22. The molecule has 0 saturated heterocycles. The number of rotatable bonds is 3. The topological polar surface area (TPSA) is 55.1 Å². The van der Waals surface area contributed by atoms with Gasteiger partial charge in [-0.05, 0) is 53.7 Å². The van der Waals surface area contributed by atoms with Crippen LogP contribution in [-0.4, -0.2) is 18.0 Å². The van der Waals surface area contributed by atoms with E-state index in [4.69, 9.17) is 5.73 Å². The Hall–Kier alpha value is -0.390. The van der Waals surface area contributed by atoms with Crippen molar-refractivity contribution in [3.8, 4) is 0 Å². The van der Waals surface area contributed by atoms with Gasteiger partial charge in [-0.3, -0.25) is 4.79 Å². The second-order valence-corrected chi connectivity index (χ2v) is 7.11. The summed E-state index contributed by atoms with van der Waals surface area (Å²) in [6.45, 7) is 0. The van der Waals surface area contributed by atoms with Crippen LogP contribution in [-0.2, 0) is 11.2 Å². The lowest BCUT2D eigenvalue weighted by atomic mass is 9.92. The second kappa shape index (κ2) is 5.98. The third kappa shape index (κ3) is 4.08. The average molecular weight is 317 g/mol. The number of amides is 1. The van der Waals surface area contributed by atoms with Gasteiger partial charge in [0.15, 0.2) is 0 Å². The first-order chi connectivity index (χ1) is 8.13. The summed E-state index contributed by atoms with van der Waals surface area (Å²) in [5.74, 6) is 0.125. The van der Waals surface area contributed by atoms with Crippen molar-refractivity contribution in [3.05, 3.63) is 20.8 Å². The first-order valence-electron chi connectivity index (χ1n) is 5.92. The molecule has 1 heterocycles. The molecule has 2 rings (SSSR count). The highest BCUT2D eigenvalue weighted by atomic mass is 79.9. The van der Waals surface area contributed by atoms with E-state index >= 15 is 0 Å². The molecule has 94 valence electrons. The monoisotopic (exact) mass is 316 g/mol. The summed E-state index contributed by atoms with van der Waals surface area (Å²) in [6, 6.07) is 4.62. The number of halogens is 1. The van der Waals surface area contributed by atoms with Crippen LogP contribution in [0.25, 0.3) is 0 Å². The van der Waals surface area contributed by atoms with Crippen LogP contribution in [0, 0.1) is 0 Å². The Morgan fingerprint density at radius 3 is 2.71 bits per heavy atom. The van der Waals surface area contributed by atoms with Gasteiger partial charge in [-0.1, -0.05) is 0 Å². The van der Waals surface area contributed by atoms with Crippen LogP contribution in [0.15, 0.2) is 15.9 Å². The van der Waals surface area contributed by atoms with Gasteiger partial charge in [-0.2, -0.15) is 0 Å². The summed E-state index contributed by atoms with van der Waals surface area (Å²) >= 11 is 5.01. The summed E-state index contributed by atoms with van der Waals surface area (Å²) < 4.78 is 1.07. The average Bonchev–Trinajstić information content (AvgIpc) is 2.67. The largest absolute Gasteiger partial charge is 0.353 e. The molecule has 1 saturated carbocycles. The molecule has 0 aliphatic heterocycles. The Morgan fingerprint density at radius 1 is 1.41 bits per heavy atom. The van der Waals surface area contributed by atoms with Gasteiger partial charge < -0.3 is 11.1 Å². The Morgan fingerprint density at radius 2 is 2.12 bits per heavy atom. The lowest BCUT2D eigenvalue weighted by Crippen LogP contribution is -2.40. The summed E-state index contributed by atoms with van der Waals surface area (Å²) in [5, 5.41) is 3.09. The van der Waals surface area contributed by atoms with E-state index in [1.165, 1.54) is 0 Å². The van der Waals surface area contributed by atoms with Crippen LogP contribution in [0.4, 0.5) is 0 Å². The minimum atomic E-state index is 0.125. The molecule has 0 radical (unpaired) electrons. The molecule has 3 nitrogen and oxygen atoms in total. The standard InChI is InChI=1S/C12H17BrN2OS/c13-11-6-5-10(17-11)7-12(16)15-9-3-1-8(14)2-4-9/h5-6,8-9H,1-4,7,14H2,(H,15,16). The maximum atomic E-state index is 11.8. The summed E-state index contributed by atoms with van der Waals surface area (Å²) in [4.78, 5) is 12.9. The molecular formula is C12H17BrN2OS. The zero-order valence-corrected chi connectivity index (χ0v) is 12.0. The van der Waals surface area contributed by atoms with Crippen molar-refractivity contribution in [1.82, 2.24) is 5.32 Å². The van der Waals surface area contributed by atoms with Crippen LogP contribution in [0.5, 0.6) is 0 Å². The van der Waals surface area contributed by atoms with Crippen molar-refractivity contribution in [3.63, 3.8) is 0 Å². The molecule has 0 unspecified atom stereocenters. The maximum absolute atomic E-state index is 11.8. The minimum Gasteiger partial charge on any atom is -0.353 e. The molecule has 0 aromatic carbocycles. The van der Waals surface area contributed by atoms with Gasteiger partial charge in [-0.15, -0.1) is 11.3 Å². The first kappa shape index (κ1) is 13.1. The van der Waals surface area contributed by atoms with Crippen molar-refractivity contribution < 1.29 is 4.79 Å². The van der Waals surface area contributed by atoms with Crippen LogP contribution >= 0.6 is 27.3 Å². The lowest BCUT2D eigenvalue weighted by molar-refractivity contribution is -0.121. The Balaban J connectivity index is 1.77. The van der Waals surface area contributed by atoms with E-state index in [2.05, 4.69) is 21.2 Å². The molecule has 1 aliphatic rings. The molecule has 17 heavy (non-hydrogen) atoms. The van der Waals surface area contributed by atoms with E-state index in [0.29, 0.717) is 18.5 Å². The summed E-state index contributed by atoms with van der Waals surface area (Å²) in [6.07, 6.45) is 4.56. The highest BCUT2D eigenvalue weighted by Gasteiger charge is 2.20. The molecule has 3 N–H and O–H groups in total. The highest BCUT2D eigenvalue weighted by molar-refractivity contribution is 9.11. The van der Waals surface area contributed by atoms with Gasteiger partial charge in [-0.25, -0.2) is 0 Å². The SMILES string of the molecule is NC1CCC(NC(=O)Cc2ccc(Br)s2)CC1. The summed E-state index contributed by atoms with van der Waals surface area (Å²) in [7, 11) is 0. The van der Waals surface area contributed by atoms with Crippen molar-refractivity contribution in [2.24, 2.45) is 5.73 Å². The van der Waals surface area contributed by atoms with E-state index in [9.17, 15) is 4.79 Å². The van der Waals surface area contributed by atoms with E-state index < -0.39 is 0 Å². The van der Waals surface area contributed by atoms with Crippen molar-refractivity contribution in [1.29, 1.82) is 0 Å². The smallest absolute Gasteiger partial charge is 0.225 e. The fraction of sp³-hybridized carbons (Fsp3) is 0.583. The Kier molecular flexibility index (Phi) is 4.59. The molecule has 1 aromatic heterocycles. The Bertz CT molecular complexity index is 386. The molecule has 1 aromatic rings. The molecule has 0 spiro atoms. The number of hydrogen-bond donors (Lipinski definition) is 2. The molecule has 1 fully saturated rings. The van der Waals surface area contributed by atoms with Gasteiger partial charge in [0.1, 0.15) is 0 Å². The number of nitrogens with two attached hydrogens (primary N) is 1. The number of thiophene rings is 1. The normalized spacial score (nSPS) is 24.6. The van der Waals surface area contributed by atoms with Crippen LogP contribution in [0.3, 0.4) is 0 Å². The predicted octanol–water partition coefficient (Wildman–Crippen LogP) is 2.44. The van der Waals surface area contributed by atoms with Crippen molar-refractivity contribution in [2.45, 2.75) is 44.2 Å². The van der Waals surface area contributed by atoms with E-state index in [1.807, 2.05) is 12.1 Å². The van der Waals surface area contributed by atoms with Crippen LogP contribution < -0.4 is 11.1 Å². The van der Waals surface area contributed by atoms with Crippen LogP contribution in [0.2, 0.25) is 0 Å². The maximum Gasteiger partial charge on any atom is 0.225 e. The fourth-order valence-corrected chi connectivity index (χ4v) is 3.63. The molecule has 1 aliphatic carbocycles. The molecule has 5 heteroatoms. The molecule has 0 bridgehead atoms.